The Morgan fingerprint density at radius 3 is 2.55 bits per heavy atom. The van der Waals surface area contributed by atoms with Crippen LogP contribution in [-0.2, 0) is 21.4 Å². The van der Waals surface area contributed by atoms with E-state index in [-0.39, 0.29) is 12.4 Å². The number of nitrogens with zero attached hydrogens (tertiary/aromatic N) is 2. The van der Waals surface area contributed by atoms with Crippen molar-refractivity contribution >= 4 is 33.3 Å². The van der Waals surface area contributed by atoms with Crippen molar-refractivity contribution in [2.24, 2.45) is 0 Å². The number of nitrogens with one attached hydrogen (secondary N) is 1. The van der Waals surface area contributed by atoms with Gasteiger partial charge in [-0.3, -0.25) is 4.79 Å². The molecule has 0 bridgehead atoms. The van der Waals surface area contributed by atoms with Crippen LogP contribution in [0, 0.1) is 12.7 Å². The van der Waals surface area contributed by atoms with Gasteiger partial charge in [0.25, 0.3) is 0 Å². The summed E-state index contributed by atoms with van der Waals surface area (Å²) < 4.78 is 46.1. The van der Waals surface area contributed by atoms with Gasteiger partial charge in [0.2, 0.25) is 15.9 Å². The minimum absolute atomic E-state index is 0.147. The quantitative estimate of drug-likeness (QED) is 0.609. The van der Waals surface area contributed by atoms with Crippen LogP contribution in [0.2, 0.25) is 5.02 Å². The lowest BCUT2D eigenvalue weighted by Gasteiger charge is -2.22. The van der Waals surface area contributed by atoms with E-state index in [0.717, 1.165) is 16.4 Å². The molecule has 0 radical (unpaired) electrons. The van der Waals surface area contributed by atoms with E-state index in [2.05, 4.69) is 10.5 Å². The maximum atomic E-state index is 14.2. The van der Waals surface area contributed by atoms with Crippen molar-refractivity contribution < 1.29 is 22.1 Å². The minimum atomic E-state index is -4.33. The Kier molecular flexibility index (Phi) is 6.31. The number of anilines is 1. The number of hydrogen-bond donors (Lipinski definition) is 1. The fourth-order valence-electron chi connectivity index (χ4n) is 2.60. The molecule has 10 heteroatoms. The highest BCUT2D eigenvalue weighted by Gasteiger charge is 2.30. The third-order valence-corrected chi connectivity index (χ3v) is 6.17. The zero-order valence-electron chi connectivity index (χ0n) is 15.3. The number of aryl methyl sites for hydroxylation is 1. The van der Waals surface area contributed by atoms with Gasteiger partial charge in [-0.15, -0.1) is 0 Å². The summed E-state index contributed by atoms with van der Waals surface area (Å²) in [6.45, 7) is 0.852. The van der Waals surface area contributed by atoms with Gasteiger partial charge in [0.15, 0.2) is 5.82 Å². The Morgan fingerprint density at radius 1 is 1.21 bits per heavy atom. The highest BCUT2D eigenvalue weighted by molar-refractivity contribution is 7.89. The Hall–Kier alpha value is -2.75. The number of rotatable bonds is 7. The smallest absolute Gasteiger partial charge is 0.246 e. The van der Waals surface area contributed by atoms with E-state index in [0.29, 0.717) is 16.3 Å². The SMILES string of the molecule is Cc1cc(NC(=O)CN(Cc2ccccc2Cl)S(=O)(=O)c2ccccc2F)no1. The van der Waals surface area contributed by atoms with Crippen LogP contribution in [0.4, 0.5) is 10.2 Å². The highest BCUT2D eigenvalue weighted by atomic mass is 35.5. The number of hydrogen-bond acceptors (Lipinski definition) is 5. The molecule has 0 spiro atoms. The largest absolute Gasteiger partial charge is 0.360 e. The first kappa shape index (κ1) is 21.0. The Bertz CT molecular complexity index is 1130. The number of aromatic nitrogens is 1. The van der Waals surface area contributed by atoms with Gasteiger partial charge in [-0.05, 0) is 30.7 Å². The Labute approximate surface area is 172 Å². The molecule has 1 amide bonds. The third kappa shape index (κ3) is 5.00. The third-order valence-electron chi connectivity index (χ3n) is 3.97. The van der Waals surface area contributed by atoms with Crippen molar-refractivity contribution in [1.82, 2.24) is 9.46 Å². The first-order chi connectivity index (χ1) is 13.8. The summed E-state index contributed by atoms with van der Waals surface area (Å²) in [5, 5.41) is 6.42. The van der Waals surface area contributed by atoms with E-state index in [4.69, 9.17) is 16.1 Å². The van der Waals surface area contributed by atoms with Crippen molar-refractivity contribution in [3.05, 3.63) is 76.8 Å². The molecule has 29 heavy (non-hydrogen) atoms. The monoisotopic (exact) mass is 437 g/mol. The second-order valence-electron chi connectivity index (χ2n) is 6.17. The average molecular weight is 438 g/mol. The molecule has 0 aliphatic carbocycles. The lowest BCUT2D eigenvalue weighted by atomic mass is 10.2. The van der Waals surface area contributed by atoms with Crippen LogP contribution in [0.25, 0.3) is 0 Å². The molecule has 1 heterocycles. The summed E-state index contributed by atoms with van der Waals surface area (Å²) in [4.78, 5) is 11.9. The molecule has 1 N–H and O–H groups in total. The molecule has 0 saturated heterocycles. The fraction of sp³-hybridized carbons (Fsp3) is 0.158. The summed E-state index contributed by atoms with van der Waals surface area (Å²) in [6, 6.07) is 13.1. The van der Waals surface area contributed by atoms with Crippen LogP contribution in [0.5, 0.6) is 0 Å². The standard InChI is InChI=1S/C19H17ClFN3O4S/c1-13-10-18(23-28-13)22-19(25)12-24(11-14-6-2-3-7-15(14)20)29(26,27)17-9-5-4-8-16(17)21/h2-10H,11-12H2,1H3,(H,22,23,25). The lowest BCUT2D eigenvalue weighted by Crippen LogP contribution is -2.38. The molecule has 0 atom stereocenters. The Balaban J connectivity index is 1.92. The van der Waals surface area contributed by atoms with Crippen LogP contribution in [0.1, 0.15) is 11.3 Å². The molecule has 3 aromatic rings. The maximum absolute atomic E-state index is 14.2. The first-order valence-electron chi connectivity index (χ1n) is 8.48. The van der Waals surface area contributed by atoms with E-state index in [1.807, 2.05) is 0 Å². The van der Waals surface area contributed by atoms with E-state index in [1.54, 1.807) is 31.2 Å². The van der Waals surface area contributed by atoms with E-state index >= 15 is 0 Å². The topological polar surface area (TPSA) is 92.5 Å². The molecule has 7 nitrogen and oxygen atoms in total. The normalized spacial score (nSPS) is 11.6. The predicted molar refractivity (Wildman–Crippen MR) is 105 cm³/mol. The second-order valence-corrected chi connectivity index (χ2v) is 8.48. The zero-order valence-corrected chi connectivity index (χ0v) is 16.9. The Morgan fingerprint density at radius 2 is 1.90 bits per heavy atom. The van der Waals surface area contributed by atoms with E-state index in [1.165, 1.54) is 18.2 Å². The van der Waals surface area contributed by atoms with Crippen molar-refractivity contribution in [1.29, 1.82) is 0 Å². The molecule has 2 aromatic carbocycles. The van der Waals surface area contributed by atoms with Crippen molar-refractivity contribution in [3.8, 4) is 0 Å². The average Bonchev–Trinajstić information content (AvgIpc) is 3.07. The molecule has 0 aliphatic heterocycles. The van der Waals surface area contributed by atoms with Crippen molar-refractivity contribution in [2.45, 2.75) is 18.4 Å². The summed E-state index contributed by atoms with van der Waals surface area (Å²) in [5.41, 5.74) is 0.471. The number of halogens is 2. The van der Waals surface area contributed by atoms with Crippen LogP contribution in [0.15, 0.2) is 64.0 Å². The highest BCUT2D eigenvalue weighted by Crippen LogP contribution is 2.24. The lowest BCUT2D eigenvalue weighted by molar-refractivity contribution is -0.116. The fourth-order valence-corrected chi connectivity index (χ4v) is 4.24. The van der Waals surface area contributed by atoms with Gasteiger partial charge in [0.05, 0.1) is 6.54 Å². The van der Waals surface area contributed by atoms with Crippen LogP contribution in [-0.4, -0.2) is 30.3 Å². The number of sulfonamides is 1. The van der Waals surface area contributed by atoms with E-state index < -0.39 is 33.2 Å². The minimum Gasteiger partial charge on any atom is -0.360 e. The number of carbonyl (C=O) groups is 1. The van der Waals surface area contributed by atoms with Gasteiger partial charge >= 0.3 is 0 Å². The molecular weight excluding hydrogens is 421 g/mol. The number of carbonyl (C=O) groups excluding carboxylic acids is 1. The number of benzene rings is 2. The molecule has 0 fully saturated rings. The maximum Gasteiger partial charge on any atom is 0.246 e. The molecule has 1 aromatic heterocycles. The first-order valence-corrected chi connectivity index (χ1v) is 10.3. The van der Waals surface area contributed by atoms with Crippen LogP contribution >= 0.6 is 11.6 Å². The van der Waals surface area contributed by atoms with Gasteiger partial charge in [-0.1, -0.05) is 47.1 Å². The zero-order chi connectivity index (χ0) is 21.0. The second kappa shape index (κ2) is 8.73. The summed E-state index contributed by atoms with van der Waals surface area (Å²) in [5.74, 6) is -0.949. The van der Waals surface area contributed by atoms with Gasteiger partial charge < -0.3 is 9.84 Å². The van der Waals surface area contributed by atoms with Gasteiger partial charge in [-0.2, -0.15) is 4.31 Å². The summed E-state index contributed by atoms with van der Waals surface area (Å²) in [6.07, 6.45) is 0. The summed E-state index contributed by atoms with van der Waals surface area (Å²) in [7, 11) is -4.33. The molecule has 3 rings (SSSR count). The van der Waals surface area contributed by atoms with Crippen molar-refractivity contribution in [3.63, 3.8) is 0 Å². The van der Waals surface area contributed by atoms with Crippen molar-refractivity contribution in [2.75, 3.05) is 11.9 Å². The molecular formula is C19H17ClFN3O4S. The van der Waals surface area contributed by atoms with Gasteiger partial charge in [0.1, 0.15) is 16.5 Å². The summed E-state index contributed by atoms with van der Waals surface area (Å²) >= 11 is 6.15. The van der Waals surface area contributed by atoms with Crippen LogP contribution < -0.4 is 5.32 Å². The van der Waals surface area contributed by atoms with Gasteiger partial charge in [-0.25, -0.2) is 12.8 Å². The number of amides is 1. The molecule has 0 unspecified atom stereocenters. The predicted octanol–water partition coefficient (Wildman–Crippen LogP) is 3.61. The molecule has 152 valence electrons. The molecule has 0 aliphatic rings. The molecule has 0 saturated carbocycles. The van der Waals surface area contributed by atoms with Gasteiger partial charge in [0, 0.05) is 17.6 Å². The van der Waals surface area contributed by atoms with E-state index in [9.17, 15) is 17.6 Å². The van der Waals surface area contributed by atoms with Crippen LogP contribution in [0.3, 0.4) is 0 Å².